The number of methoxy groups -OCH3 is 3. The molecule has 31 heavy (non-hydrogen) atoms. The summed E-state index contributed by atoms with van der Waals surface area (Å²) in [7, 11) is 4.40. The van der Waals surface area contributed by atoms with Crippen LogP contribution in [-0.2, 0) is 30.4 Å². The highest BCUT2D eigenvalue weighted by Crippen LogP contribution is 2.41. The van der Waals surface area contributed by atoms with Gasteiger partial charge in [0.2, 0.25) is 0 Å². The highest BCUT2D eigenvalue weighted by molar-refractivity contribution is 5.91. The second kappa shape index (κ2) is 10.0. The van der Waals surface area contributed by atoms with E-state index in [-0.39, 0.29) is 13.0 Å². The fourth-order valence-corrected chi connectivity index (χ4v) is 3.53. The summed E-state index contributed by atoms with van der Waals surface area (Å²) < 4.78 is 27.5. The van der Waals surface area contributed by atoms with Gasteiger partial charge >= 0.3 is 11.9 Å². The van der Waals surface area contributed by atoms with Gasteiger partial charge in [0, 0.05) is 11.5 Å². The number of cyclic esters (lactones) is 1. The first-order chi connectivity index (χ1) is 15.0. The minimum Gasteiger partial charge on any atom is -0.497 e. The van der Waals surface area contributed by atoms with Crippen LogP contribution in [0.5, 0.6) is 11.5 Å². The zero-order chi connectivity index (χ0) is 22.4. The molecule has 7 nitrogen and oxygen atoms in total. The second-order valence-electron chi connectivity index (χ2n) is 7.08. The lowest BCUT2D eigenvalue weighted by Crippen LogP contribution is -2.26. The fraction of sp³-hybridized carbons (Fsp3) is 0.333. The molecule has 164 valence electrons. The van der Waals surface area contributed by atoms with Crippen molar-refractivity contribution < 1.29 is 33.3 Å². The van der Waals surface area contributed by atoms with Crippen LogP contribution in [0.4, 0.5) is 0 Å². The zero-order valence-electron chi connectivity index (χ0n) is 18.0. The molecule has 0 saturated heterocycles. The van der Waals surface area contributed by atoms with Gasteiger partial charge in [-0.25, -0.2) is 4.79 Å². The minimum absolute atomic E-state index is 0.0382. The maximum atomic E-state index is 12.4. The van der Waals surface area contributed by atoms with E-state index < -0.39 is 24.0 Å². The second-order valence-corrected chi connectivity index (χ2v) is 7.08. The van der Waals surface area contributed by atoms with Crippen molar-refractivity contribution in [1.29, 1.82) is 0 Å². The van der Waals surface area contributed by atoms with Crippen molar-refractivity contribution in [2.24, 2.45) is 0 Å². The van der Waals surface area contributed by atoms with Crippen molar-refractivity contribution in [1.82, 2.24) is 0 Å². The number of hydrogen-bond acceptors (Lipinski definition) is 7. The third-order valence-electron chi connectivity index (χ3n) is 5.22. The summed E-state index contributed by atoms with van der Waals surface area (Å²) in [5.74, 6) is 0.000126. The molecular weight excluding hydrogens is 400 g/mol. The maximum Gasteiger partial charge on any atom is 0.338 e. The van der Waals surface area contributed by atoms with Gasteiger partial charge in [-0.1, -0.05) is 30.3 Å². The number of hydrogen-bond donors (Lipinski definition) is 0. The van der Waals surface area contributed by atoms with E-state index in [4.69, 9.17) is 23.7 Å². The van der Waals surface area contributed by atoms with Gasteiger partial charge in [0.25, 0.3) is 0 Å². The minimum atomic E-state index is -0.809. The molecule has 0 fully saturated rings. The third-order valence-corrected chi connectivity index (χ3v) is 5.22. The van der Waals surface area contributed by atoms with Crippen LogP contribution in [0.1, 0.15) is 30.4 Å². The Morgan fingerprint density at radius 2 is 1.81 bits per heavy atom. The summed E-state index contributed by atoms with van der Waals surface area (Å²) in [4.78, 5) is 24.7. The zero-order valence-corrected chi connectivity index (χ0v) is 18.0. The lowest BCUT2D eigenvalue weighted by Gasteiger charge is -2.26. The van der Waals surface area contributed by atoms with Crippen molar-refractivity contribution >= 4 is 11.9 Å². The third kappa shape index (κ3) is 4.99. The average Bonchev–Trinajstić information content (AvgIpc) is 3.09. The Kier molecular flexibility index (Phi) is 7.18. The van der Waals surface area contributed by atoms with E-state index in [1.165, 1.54) is 14.2 Å². The molecule has 0 saturated carbocycles. The molecule has 0 N–H and O–H groups in total. The van der Waals surface area contributed by atoms with Crippen LogP contribution >= 0.6 is 0 Å². The first-order valence-electron chi connectivity index (χ1n) is 9.85. The van der Waals surface area contributed by atoms with E-state index in [0.717, 1.165) is 5.56 Å². The van der Waals surface area contributed by atoms with Gasteiger partial charge in [-0.05, 0) is 30.7 Å². The molecule has 2 aromatic rings. The highest BCUT2D eigenvalue weighted by Gasteiger charge is 2.42. The number of carbonyl (C=O) groups excluding carboxylic acids is 2. The summed E-state index contributed by atoms with van der Waals surface area (Å²) in [6, 6.07) is 14.9. The fourth-order valence-electron chi connectivity index (χ4n) is 3.53. The van der Waals surface area contributed by atoms with Crippen LogP contribution in [0.15, 0.2) is 59.9 Å². The van der Waals surface area contributed by atoms with Crippen molar-refractivity contribution in [3.05, 3.63) is 71.0 Å². The van der Waals surface area contributed by atoms with E-state index in [1.807, 2.05) is 30.3 Å². The average molecular weight is 426 g/mol. The normalized spacial score (nSPS) is 16.5. The number of ether oxygens (including phenoxy) is 5. The van der Waals surface area contributed by atoms with Gasteiger partial charge in [0.1, 0.15) is 23.9 Å². The van der Waals surface area contributed by atoms with Crippen LogP contribution in [0, 0.1) is 0 Å². The summed E-state index contributed by atoms with van der Waals surface area (Å²) >= 11 is 0. The number of carbonyl (C=O) groups is 2. The number of rotatable bonds is 9. The molecular formula is C24H26O7. The molecule has 1 aliphatic heterocycles. The molecule has 2 aromatic carbocycles. The SMILES string of the molecule is COC(=O)CC(c1cc(OC)ccc1OC)C1OC(=O)C(C)=C1OCc1ccccc1. The van der Waals surface area contributed by atoms with Gasteiger partial charge in [0.15, 0.2) is 6.10 Å². The molecule has 0 aromatic heterocycles. The maximum absolute atomic E-state index is 12.4. The summed E-state index contributed by atoms with van der Waals surface area (Å²) in [5, 5.41) is 0. The molecule has 3 rings (SSSR count). The quantitative estimate of drug-likeness (QED) is 0.565. The van der Waals surface area contributed by atoms with Crippen LogP contribution in [0.25, 0.3) is 0 Å². The first kappa shape index (κ1) is 22.2. The molecule has 1 heterocycles. The van der Waals surface area contributed by atoms with Gasteiger partial charge in [-0.15, -0.1) is 0 Å². The van der Waals surface area contributed by atoms with Gasteiger partial charge < -0.3 is 23.7 Å². The van der Waals surface area contributed by atoms with E-state index in [9.17, 15) is 9.59 Å². The van der Waals surface area contributed by atoms with Crippen LogP contribution in [0.3, 0.4) is 0 Å². The summed E-state index contributed by atoms with van der Waals surface area (Å²) in [5.41, 5.74) is 1.97. The van der Waals surface area contributed by atoms with E-state index in [0.29, 0.717) is 28.4 Å². The summed E-state index contributed by atoms with van der Waals surface area (Å²) in [6.45, 7) is 1.92. The molecule has 7 heteroatoms. The Balaban J connectivity index is 1.99. The Bertz CT molecular complexity index is 965. The van der Waals surface area contributed by atoms with Gasteiger partial charge in [0.05, 0.1) is 33.3 Å². The predicted octanol–water partition coefficient (Wildman–Crippen LogP) is 3.77. The molecule has 0 radical (unpaired) electrons. The largest absolute Gasteiger partial charge is 0.497 e. The van der Waals surface area contributed by atoms with E-state index >= 15 is 0 Å². The summed E-state index contributed by atoms with van der Waals surface area (Å²) in [6.07, 6.45) is -0.847. The Labute approximate surface area is 181 Å². The molecule has 2 atom stereocenters. The lowest BCUT2D eigenvalue weighted by molar-refractivity contribution is -0.146. The molecule has 1 aliphatic rings. The molecule has 0 aliphatic carbocycles. The van der Waals surface area contributed by atoms with Crippen LogP contribution in [0.2, 0.25) is 0 Å². The standard InChI is InChI=1S/C24H26O7/c1-15-22(30-14-16-8-6-5-7-9-16)23(31-24(15)26)19(13-21(25)29-4)18-12-17(27-2)10-11-20(18)28-3/h5-12,19,23H,13-14H2,1-4H3. The highest BCUT2D eigenvalue weighted by atomic mass is 16.6. The predicted molar refractivity (Wildman–Crippen MR) is 113 cm³/mol. The van der Waals surface area contributed by atoms with Crippen LogP contribution < -0.4 is 9.47 Å². The first-order valence-corrected chi connectivity index (χ1v) is 9.85. The monoisotopic (exact) mass is 426 g/mol. The molecule has 0 spiro atoms. The number of esters is 2. The van der Waals surface area contributed by atoms with Crippen molar-refractivity contribution in [3.63, 3.8) is 0 Å². The molecule has 0 bridgehead atoms. The topological polar surface area (TPSA) is 80.3 Å². The van der Waals surface area contributed by atoms with E-state index in [2.05, 4.69) is 0 Å². The van der Waals surface area contributed by atoms with Gasteiger partial charge in [-0.2, -0.15) is 0 Å². The van der Waals surface area contributed by atoms with Gasteiger partial charge in [-0.3, -0.25) is 4.79 Å². The Hall–Kier alpha value is -3.48. The van der Waals surface area contributed by atoms with Crippen molar-refractivity contribution in [2.45, 2.75) is 32.0 Å². The van der Waals surface area contributed by atoms with Crippen molar-refractivity contribution in [2.75, 3.05) is 21.3 Å². The molecule has 0 amide bonds. The van der Waals surface area contributed by atoms with Crippen LogP contribution in [-0.4, -0.2) is 39.4 Å². The molecule has 2 unspecified atom stereocenters. The number of benzene rings is 2. The lowest BCUT2D eigenvalue weighted by atomic mass is 9.88. The smallest absolute Gasteiger partial charge is 0.338 e. The van der Waals surface area contributed by atoms with Crippen molar-refractivity contribution in [3.8, 4) is 11.5 Å². The Morgan fingerprint density at radius 1 is 1.06 bits per heavy atom. The Morgan fingerprint density at radius 3 is 2.45 bits per heavy atom. The van der Waals surface area contributed by atoms with E-state index in [1.54, 1.807) is 32.2 Å².